The molecule has 0 aliphatic carbocycles. The summed E-state index contributed by atoms with van der Waals surface area (Å²) in [5, 5.41) is 0. The third-order valence-corrected chi connectivity index (χ3v) is 6.63. The first-order valence-electron chi connectivity index (χ1n) is 7.11. The molecule has 0 amide bonds. The zero-order chi connectivity index (χ0) is 18.2. The van der Waals surface area contributed by atoms with Crippen LogP contribution in [0.4, 0.5) is 13.2 Å². The molecule has 0 unspecified atom stereocenters. The molecule has 0 N–H and O–H groups in total. The molecule has 0 bridgehead atoms. The van der Waals surface area contributed by atoms with E-state index < -0.39 is 11.7 Å². The molecule has 0 fully saturated rings. The predicted molar refractivity (Wildman–Crippen MR) is 102 cm³/mol. The van der Waals surface area contributed by atoms with Crippen LogP contribution in [0.3, 0.4) is 0 Å². The summed E-state index contributed by atoms with van der Waals surface area (Å²) in [7, 11) is 1.61. The molecule has 25 heavy (non-hydrogen) atoms. The average Bonchev–Trinajstić information content (AvgIpc) is 2.89. The van der Waals surface area contributed by atoms with Crippen LogP contribution in [-0.2, 0) is 6.18 Å². The van der Waals surface area contributed by atoms with Gasteiger partial charge in [-0.2, -0.15) is 13.2 Å². The summed E-state index contributed by atoms with van der Waals surface area (Å²) in [5.74, 6) is 0.759. The number of ether oxygens (including phenoxy) is 1. The molecular formula is C18H11Br2F3OS. The van der Waals surface area contributed by atoms with Gasteiger partial charge in [0.1, 0.15) is 5.75 Å². The van der Waals surface area contributed by atoms with Gasteiger partial charge in [0, 0.05) is 10.0 Å². The van der Waals surface area contributed by atoms with E-state index in [-0.39, 0.29) is 0 Å². The second-order valence-corrected chi connectivity index (χ2v) is 8.33. The largest absolute Gasteiger partial charge is 0.497 e. The average molecular weight is 492 g/mol. The van der Waals surface area contributed by atoms with Gasteiger partial charge in [0.2, 0.25) is 0 Å². The van der Waals surface area contributed by atoms with E-state index in [1.807, 2.05) is 24.3 Å². The number of methoxy groups -OCH3 is 1. The molecule has 0 aliphatic heterocycles. The van der Waals surface area contributed by atoms with Gasteiger partial charge in [-0.05, 0) is 67.3 Å². The van der Waals surface area contributed by atoms with Crippen molar-refractivity contribution in [3.63, 3.8) is 0 Å². The van der Waals surface area contributed by atoms with Gasteiger partial charge in [-0.15, -0.1) is 11.3 Å². The van der Waals surface area contributed by atoms with Gasteiger partial charge in [0.05, 0.1) is 21.3 Å². The van der Waals surface area contributed by atoms with Gasteiger partial charge in [0.25, 0.3) is 0 Å². The van der Waals surface area contributed by atoms with E-state index in [0.29, 0.717) is 0 Å². The summed E-state index contributed by atoms with van der Waals surface area (Å²) in [6.45, 7) is 0. The molecule has 0 saturated heterocycles. The molecule has 130 valence electrons. The molecule has 0 aliphatic rings. The number of rotatable bonds is 3. The van der Waals surface area contributed by atoms with Gasteiger partial charge in [-0.1, -0.05) is 24.3 Å². The standard InChI is InChI=1S/C18H11Br2F3OS/c1-24-13-8-4-10(5-9-13)14-15(19)16(25-17(14)20)11-2-6-12(7-3-11)18(21,22)23/h2-9H,1H3. The van der Waals surface area contributed by atoms with E-state index in [9.17, 15) is 13.2 Å². The summed E-state index contributed by atoms with van der Waals surface area (Å²) in [5.41, 5.74) is 2.01. The highest BCUT2D eigenvalue weighted by Gasteiger charge is 2.30. The molecule has 2 aromatic carbocycles. The number of hydrogen-bond donors (Lipinski definition) is 0. The lowest BCUT2D eigenvalue weighted by atomic mass is 10.1. The molecule has 3 aromatic rings. The Bertz CT molecular complexity index is 884. The first-order valence-corrected chi connectivity index (χ1v) is 9.51. The summed E-state index contributed by atoms with van der Waals surface area (Å²) in [6, 6.07) is 12.8. The molecule has 3 rings (SSSR count). The molecule has 0 spiro atoms. The zero-order valence-electron chi connectivity index (χ0n) is 12.8. The van der Waals surface area contributed by atoms with E-state index in [1.165, 1.54) is 23.5 Å². The zero-order valence-corrected chi connectivity index (χ0v) is 16.8. The Labute approximate surface area is 163 Å². The highest BCUT2D eigenvalue weighted by Crippen LogP contribution is 2.48. The van der Waals surface area contributed by atoms with Gasteiger partial charge >= 0.3 is 6.18 Å². The molecular weight excluding hydrogens is 481 g/mol. The van der Waals surface area contributed by atoms with Crippen molar-refractivity contribution in [3.8, 4) is 27.3 Å². The van der Waals surface area contributed by atoms with Crippen molar-refractivity contribution < 1.29 is 17.9 Å². The van der Waals surface area contributed by atoms with Crippen molar-refractivity contribution in [1.82, 2.24) is 0 Å². The van der Waals surface area contributed by atoms with E-state index in [0.717, 1.165) is 47.7 Å². The third kappa shape index (κ3) is 3.78. The highest BCUT2D eigenvalue weighted by molar-refractivity contribution is 9.11. The van der Waals surface area contributed by atoms with E-state index in [2.05, 4.69) is 31.9 Å². The highest BCUT2D eigenvalue weighted by atomic mass is 79.9. The summed E-state index contributed by atoms with van der Waals surface area (Å²) in [6.07, 6.45) is -4.33. The Morgan fingerprint density at radius 1 is 0.880 bits per heavy atom. The first kappa shape index (κ1) is 18.5. The maximum Gasteiger partial charge on any atom is 0.416 e. The lowest BCUT2D eigenvalue weighted by Gasteiger charge is -2.07. The second kappa shape index (κ2) is 7.13. The molecule has 0 saturated carbocycles. The maximum absolute atomic E-state index is 12.7. The molecule has 1 heterocycles. The first-order chi connectivity index (χ1) is 11.8. The minimum atomic E-state index is -4.33. The fourth-order valence-electron chi connectivity index (χ4n) is 2.38. The van der Waals surface area contributed by atoms with Crippen LogP contribution in [0.5, 0.6) is 5.75 Å². The fourth-order valence-corrected chi connectivity index (χ4v) is 5.54. The quantitative estimate of drug-likeness (QED) is 0.366. The third-order valence-electron chi connectivity index (χ3n) is 3.66. The second-order valence-electron chi connectivity index (χ2n) is 5.20. The van der Waals surface area contributed by atoms with Crippen LogP contribution in [0.2, 0.25) is 0 Å². The normalized spacial score (nSPS) is 11.6. The van der Waals surface area contributed by atoms with Crippen molar-refractivity contribution in [3.05, 3.63) is 62.4 Å². The predicted octanol–water partition coefficient (Wildman–Crippen LogP) is 7.63. The van der Waals surface area contributed by atoms with Gasteiger partial charge in [-0.3, -0.25) is 0 Å². The lowest BCUT2D eigenvalue weighted by Crippen LogP contribution is -2.03. The monoisotopic (exact) mass is 490 g/mol. The number of hydrogen-bond acceptors (Lipinski definition) is 2. The van der Waals surface area contributed by atoms with Gasteiger partial charge < -0.3 is 4.74 Å². The summed E-state index contributed by atoms with van der Waals surface area (Å²) >= 11 is 8.63. The van der Waals surface area contributed by atoms with Crippen molar-refractivity contribution >= 4 is 43.2 Å². The molecule has 7 heteroatoms. The SMILES string of the molecule is COc1ccc(-c2c(Br)sc(-c3ccc(C(F)(F)F)cc3)c2Br)cc1. The Morgan fingerprint density at radius 2 is 1.44 bits per heavy atom. The van der Waals surface area contributed by atoms with E-state index >= 15 is 0 Å². The van der Waals surface area contributed by atoms with Gasteiger partial charge in [-0.25, -0.2) is 0 Å². The molecule has 1 aromatic heterocycles. The molecule has 0 atom stereocenters. The van der Waals surface area contributed by atoms with Crippen LogP contribution < -0.4 is 4.74 Å². The van der Waals surface area contributed by atoms with Crippen LogP contribution >= 0.6 is 43.2 Å². The molecule has 1 nitrogen and oxygen atoms in total. The van der Waals surface area contributed by atoms with E-state index in [4.69, 9.17) is 4.74 Å². The fraction of sp³-hybridized carbons (Fsp3) is 0.111. The van der Waals surface area contributed by atoms with Crippen LogP contribution in [0.25, 0.3) is 21.6 Å². The van der Waals surface area contributed by atoms with Crippen molar-refractivity contribution in [1.29, 1.82) is 0 Å². The number of alkyl halides is 3. The van der Waals surface area contributed by atoms with Crippen molar-refractivity contribution in [2.75, 3.05) is 7.11 Å². The molecule has 0 radical (unpaired) electrons. The van der Waals surface area contributed by atoms with Crippen LogP contribution in [0.1, 0.15) is 5.56 Å². The van der Waals surface area contributed by atoms with Crippen molar-refractivity contribution in [2.24, 2.45) is 0 Å². The van der Waals surface area contributed by atoms with E-state index in [1.54, 1.807) is 7.11 Å². The Kier molecular flexibility index (Phi) is 5.27. The van der Waals surface area contributed by atoms with Gasteiger partial charge in [0.15, 0.2) is 0 Å². The lowest BCUT2D eigenvalue weighted by molar-refractivity contribution is -0.137. The number of benzene rings is 2. The summed E-state index contributed by atoms with van der Waals surface area (Å²) in [4.78, 5) is 0.867. The Hall–Kier alpha value is -1.31. The number of thiophene rings is 1. The van der Waals surface area contributed by atoms with Crippen LogP contribution in [-0.4, -0.2) is 7.11 Å². The van der Waals surface area contributed by atoms with Crippen LogP contribution in [0.15, 0.2) is 56.8 Å². The topological polar surface area (TPSA) is 9.23 Å². The number of halogens is 5. The maximum atomic E-state index is 12.7. The minimum absolute atomic E-state index is 0.654. The van der Waals surface area contributed by atoms with Crippen molar-refractivity contribution in [2.45, 2.75) is 6.18 Å². The summed E-state index contributed by atoms with van der Waals surface area (Å²) < 4.78 is 45.1. The smallest absolute Gasteiger partial charge is 0.416 e. The Morgan fingerprint density at radius 3 is 1.96 bits per heavy atom. The minimum Gasteiger partial charge on any atom is -0.497 e. The Balaban J connectivity index is 2.01. The van der Waals surface area contributed by atoms with Crippen LogP contribution in [0, 0.1) is 0 Å².